The zero-order valence-corrected chi connectivity index (χ0v) is 14.4. The van der Waals surface area contributed by atoms with E-state index in [9.17, 15) is 24.6 Å². The normalized spacial score (nSPS) is 20.9. The molecule has 1 aliphatic rings. The smallest absolute Gasteiger partial charge is 0.333 e. The topological polar surface area (TPSA) is 98.2 Å². The number of aliphatic hydroxyl groups is 2. The lowest BCUT2D eigenvalue weighted by Crippen LogP contribution is -2.66. The third kappa shape index (κ3) is 3.55. The number of amides is 4. The summed E-state index contributed by atoms with van der Waals surface area (Å²) < 4.78 is 0. The lowest BCUT2D eigenvalue weighted by Gasteiger charge is -2.44. The number of aliphatic hydroxyl groups excluding tert-OH is 2. The van der Waals surface area contributed by atoms with Crippen molar-refractivity contribution < 1.29 is 24.6 Å². The average molecular weight is 328 g/mol. The van der Waals surface area contributed by atoms with Crippen molar-refractivity contribution >= 4 is 17.8 Å². The standard InChI is InChI=1S/C16H28N2O5/c1-5-11(19)9-17-13(21)16(7-3,8-4)14(22)18(15(17)23)10-12(20)6-2/h11-12,19-20H,5-10H2,1-4H3. The maximum atomic E-state index is 12.8. The van der Waals surface area contributed by atoms with Gasteiger partial charge in [-0.05, 0) is 25.7 Å². The first-order valence-electron chi connectivity index (χ1n) is 8.32. The second-order valence-electron chi connectivity index (χ2n) is 6.03. The van der Waals surface area contributed by atoms with Crippen LogP contribution in [0.4, 0.5) is 4.79 Å². The number of rotatable bonds is 8. The highest BCUT2D eigenvalue weighted by Crippen LogP contribution is 2.36. The second-order valence-corrected chi connectivity index (χ2v) is 6.03. The summed E-state index contributed by atoms with van der Waals surface area (Å²) in [6.07, 6.45) is -0.333. The quantitative estimate of drug-likeness (QED) is 0.651. The van der Waals surface area contributed by atoms with Gasteiger partial charge in [-0.1, -0.05) is 27.7 Å². The van der Waals surface area contributed by atoms with Crippen LogP contribution in [0.1, 0.15) is 53.4 Å². The molecule has 7 nitrogen and oxygen atoms in total. The molecule has 1 aliphatic heterocycles. The highest BCUT2D eigenvalue weighted by molar-refractivity contribution is 6.19. The molecule has 0 radical (unpaired) electrons. The minimum atomic E-state index is -1.30. The molecule has 0 saturated carbocycles. The number of imide groups is 2. The molecule has 1 heterocycles. The van der Waals surface area contributed by atoms with Crippen molar-refractivity contribution in [2.75, 3.05) is 13.1 Å². The van der Waals surface area contributed by atoms with Crippen LogP contribution in [-0.4, -0.2) is 63.2 Å². The van der Waals surface area contributed by atoms with Gasteiger partial charge in [0.15, 0.2) is 0 Å². The Morgan fingerprint density at radius 2 is 1.17 bits per heavy atom. The first-order chi connectivity index (χ1) is 10.8. The van der Waals surface area contributed by atoms with Crippen LogP contribution in [0, 0.1) is 5.41 Å². The lowest BCUT2D eigenvalue weighted by atomic mass is 9.77. The van der Waals surface area contributed by atoms with E-state index in [-0.39, 0.29) is 25.9 Å². The molecular weight excluding hydrogens is 300 g/mol. The maximum Gasteiger partial charge on any atom is 0.333 e. The molecular formula is C16H28N2O5. The monoisotopic (exact) mass is 328 g/mol. The van der Waals surface area contributed by atoms with Gasteiger partial charge in [-0.3, -0.25) is 19.4 Å². The number of barbiturate groups is 1. The summed E-state index contributed by atoms with van der Waals surface area (Å²) in [5, 5.41) is 19.7. The highest BCUT2D eigenvalue weighted by Gasteiger charge is 2.55. The van der Waals surface area contributed by atoms with Crippen LogP contribution in [0.15, 0.2) is 0 Å². The molecule has 0 aromatic carbocycles. The summed E-state index contributed by atoms with van der Waals surface area (Å²) in [5.41, 5.74) is -1.30. The van der Waals surface area contributed by atoms with E-state index in [2.05, 4.69) is 0 Å². The summed E-state index contributed by atoms with van der Waals surface area (Å²) in [5.74, 6) is -1.10. The third-order valence-corrected chi connectivity index (χ3v) is 4.71. The predicted molar refractivity (Wildman–Crippen MR) is 84.4 cm³/mol. The fraction of sp³-hybridized carbons (Fsp3) is 0.812. The van der Waals surface area contributed by atoms with Gasteiger partial charge in [0.2, 0.25) is 11.8 Å². The number of urea groups is 1. The van der Waals surface area contributed by atoms with Crippen molar-refractivity contribution in [1.29, 1.82) is 0 Å². The minimum Gasteiger partial charge on any atom is -0.391 e. The summed E-state index contributed by atoms with van der Waals surface area (Å²) >= 11 is 0. The van der Waals surface area contributed by atoms with Crippen LogP contribution in [0.5, 0.6) is 0 Å². The molecule has 0 bridgehead atoms. The van der Waals surface area contributed by atoms with E-state index >= 15 is 0 Å². The van der Waals surface area contributed by atoms with Crippen molar-refractivity contribution in [1.82, 2.24) is 9.80 Å². The molecule has 2 N–H and O–H groups in total. The van der Waals surface area contributed by atoms with E-state index < -0.39 is 35.5 Å². The molecule has 132 valence electrons. The molecule has 0 aromatic heterocycles. The van der Waals surface area contributed by atoms with Crippen molar-refractivity contribution in [2.24, 2.45) is 5.41 Å². The van der Waals surface area contributed by atoms with Crippen molar-refractivity contribution in [3.05, 3.63) is 0 Å². The second kappa shape index (κ2) is 7.88. The molecule has 23 heavy (non-hydrogen) atoms. The van der Waals surface area contributed by atoms with Gasteiger partial charge in [-0.2, -0.15) is 0 Å². The minimum absolute atomic E-state index is 0.137. The molecule has 0 aromatic rings. The molecule has 0 aliphatic carbocycles. The fourth-order valence-corrected chi connectivity index (χ4v) is 2.78. The van der Waals surface area contributed by atoms with E-state index in [0.29, 0.717) is 12.8 Å². The van der Waals surface area contributed by atoms with Crippen molar-refractivity contribution in [3.8, 4) is 0 Å². The van der Waals surface area contributed by atoms with E-state index in [1.165, 1.54) is 0 Å². The van der Waals surface area contributed by atoms with Crippen LogP contribution in [0.2, 0.25) is 0 Å². The van der Waals surface area contributed by atoms with Gasteiger partial charge in [-0.15, -0.1) is 0 Å². The Morgan fingerprint density at radius 1 is 0.826 bits per heavy atom. The summed E-state index contributed by atoms with van der Waals surface area (Å²) in [6.45, 7) is 6.69. The highest BCUT2D eigenvalue weighted by atomic mass is 16.3. The van der Waals surface area contributed by atoms with Crippen LogP contribution in [0.25, 0.3) is 0 Å². The van der Waals surface area contributed by atoms with E-state index in [1.807, 2.05) is 0 Å². The molecule has 2 unspecified atom stereocenters. The van der Waals surface area contributed by atoms with Gasteiger partial charge < -0.3 is 10.2 Å². The molecule has 1 fully saturated rings. The van der Waals surface area contributed by atoms with Gasteiger partial charge in [0, 0.05) is 0 Å². The zero-order chi connectivity index (χ0) is 17.8. The number of hydrogen-bond acceptors (Lipinski definition) is 5. The number of carbonyl (C=O) groups excluding carboxylic acids is 3. The van der Waals surface area contributed by atoms with Crippen molar-refractivity contribution in [2.45, 2.75) is 65.6 Å². The Balaban J connectivity index is 3.24. The molecule has 4 amide bonds. The first-order valence-corrected chi connectivity index (χ1v) is 8.32. The van der Waals surface area contributed by atoms with Crippen LogP contribution in [-0.2, 0) is 9.59 Å². The summed E-state index contributed by atoms with van der Waals surface area (Å²) in [4.78, 5) is 40.0. The Morgan fingerprint density at radius 3 is 1.43 bits per heavy atom. The van der Waals surface area contributed by atoms with E-state index in [0.717, 1.165) is 9.80 Å². The van der Waals surface area contributed by atoms with Gasteiger partial charge in [0.05, 0.1) is 25.3 Å². The fourth-order valence-electron chi connectivity index (χ4n) is 2.78. The number of β-amino-alcohol motifs (C(OH)–C–C–N with tert-alkyl or cyclic N) is 2. The number of nitrogens with zero attached hydrogens (tertiary/aromatic N) is 2. The lowest BCUT2D eigenvalue weighted by molar-refractivity contribution is -0.161. The SMILES string of the molecule is CCC(O)CN1C(=O)N(CC(O)CC)C(=O)C(CC)(CC)C1=O. The first kappa shape index (κ1) is 19.6. The summed E-state index contributed by atoms with van der Waals surface area (Å²) in [7, 11) is 0. The molecule has 1 rings (SSSR count). The third-order valence-electron chi connectivity index (χ3n) is 4.71. The Hall–Kier alpha value is -1.47. The molecule has 7 heteroatoms. The van der Waals surface area contributed by atoms with Crippen molar-refractivity contribution in [3.63, 3.8) is 0 Å². The van der Waals surface area contributed by atoms with E-state index in [1.54, 1.807) is 27.7 Å². The Bertz CT molecular complexity index is 425. The maximum absolute atomic E-state index is 12.8. The molecule has 0 spiro atoms. The van der Waals surface area contributed by atoms with Crippen LogP contribution in [0.3, 0.4) is 0 Å². The predicted octanol–water partition coefficient (Wildman–Crippen LogP) is 1.13. The average Bonchev–Trinajstić information content (AvgIpc) is 2.56. The molecule has 1 saturated heterocycles. The van der Waals surface area contributed by atoms with Gasteiger partial charge in [0.25, 0.3) is 0 Å². The Kier molecular flexibility index (Phi) is 6.70. The van der Waals surface area contributed by atoms with Gasteiger partial charge in [0.1, 0.15) is 5.41 Å². The van der Waals surface area contributed by atoms with Gasteiger partial charge in [-0.25, -0.2) is 4.79 Å². The Labute approximate surface area is 137 Å². The number of carbonyl (C=O) groups is 3. The van der Waals surface area contributed by atoms with E-state index in [4.69, 9.17) is 0 Å². The van der Waals surface area contributed by atoms with Gasteiger partial charge >= 0.3 is 6.03 Å². The zero-order valence-electron chi connectivity index (χ0n) is 14.4. The van der Waals surface area contributed by atoms with Crippen LogP contribution < -0.4 is 0 Å². The van der Waals surface area contributed by atoms with Crippen LogP contribution >= 0.6 is 0 Å². The largest absolute Gasteiger partial charge is 0.391 e. The summed E-state index contributed by atoms with van der Waals surface area (Å²) in [6, 6.07) is -0.752. The molecule has 2 atom stereocenters. The number of hydrogen-bond donors (Lipinski definition) is 2.